The lowest BCUT2D eigenvalue weighted by molar-refractivity contribution is -0.153. The van der Waals surface area contributed by atoms with Gasteiger partial charge in [0.25, 0.3) is 0 Å². The molecule has 0 spiro atoms. The summed E-state index contributed by atoms with van der Waals surface area (Å²) in [6, 6.07) is 25.6. The fraction of sp³-hybridized carbons (Fsp3) is 0.364. The van der Waals surface area contributed by atoms with Gasteiger partial charge >= 0.3 is 11.9 Å². The van der Waals surface area contributed by atoms with Crippen LogP contribution in [0.15, 0.2) is 155 Å². The summed E-state index contributed by atoms with van der Waals surface area (Å²) in [5, 5.41) is 48.2. The highest BCUT2D eigenvalue weighted by Gasteiger charge is 2.71. The zero-order chi connectivity index (χ0) is 92.2. The van der Waals surface area contributed by atoms with Gasteiger partial charge in [-0.1, -0.05) is 238 Å². The maximum Gasteiger partial charge on any atom is 0.318 e. The third-order valence-electron chi connectivity index (χ3n) is 38.0. The highest BCUT2D eigenvalue weighted by Crippen LogP contribution is 2.73. The lowest BCUT2D eigenvalue weighted by atomic mass is 9.44. The van der Waals surface area contributed by atoms with E-state index < -0.39 is 17.3 Å². The lowest BCUT2D eigenvalue weighted by Gasteiger charge is -2.55. The summed E-state index contributed by atoms with van der Waals surface area (Å²) in [7, 11) is 0. The Morgan fingerprint density at radius 3 is 1.93 bits per heavy atom. The summed E-state index contributed by atoms with van der Waals surface area (Å²) in [6.07, 6.45) is 57.4. The first-order chi connectivity index (χ1) is 66.2. The third kappa shape index (κ3) is 9.64. The molecule has 15 aliphatic carbocycles. The molecule has 672 valence electrons. The first-order valence-electron chi connectivity index (χ1n) is 53.5. The molecule has 0 aromatic heterocycles. The van der Waals surface area contributed by atoms with Crippen LogP contribution >= 0.6 is 0 Å². The van der Waals surface area contributed by atoms with Crippen molar-refractivity contribution in [2.75, 3.05) is 0 Å². The molecule has 2 bridgehead atoms. The highest BCUT2D eigenvalue weighted by molar-refractivity contribution is 6.61. The Hall–Kier alpha value is -11.5. The van der Waals surface area contributed by atoms with E-state index in [0.29, 0.717) is 59.2 Å². The van der Waals surface area contributed by atoms with E-state index in [1.54, 1.807) is 110 Å². The summed E-state index contributed by atoms with van der Waals surface area (Å²) in [4.78, 5) is 27.7. The standard InChI is InChI=1S/C73H48O3.C51H54.4C2H6/c1-5-27-16-32-20-36-22-35-19-31-15-25(2)26(3)43-46(31)60-50(35)63-51(36)61-47(32)53-37(27)12-13-38-28-9-7-6-8-10-29-17-33-21-34-18-30-11-14-41-52-40(24-42-57-70(73(41,42)4)72(75)76-71(57)74)55(43)64-59(45(30)52)49(34)62-48(33)58-44(29)39(23-28)56(54(38)53)65(61)66(58)68(63)69(62)67(60)64;1-8-14-19-31-22-36-27-35-21-30(13-6)23-39-29(7)42-47-38(20-15-9-2)32(16-10-3)25-37-26-33(17-11-4)40-28-34(18-12-5)43-41(24-31)45(36)50(44(35)39)49(42)51(43)48(40)46(37)47;4*1-2/h5,10-11,14-22,24-26,28,37-38,42,53-54,57,70H,1,6-9,12-13,23H2,2-4H3;10,12-14,16-19,21-22,25-27,29,40-42H,8-9,11,15,20,23-24,28H2,1-7H3;4*1-2H3/b29-10-;16-10+,18-12+,19-14-,30-13-,33-17-;;;;. The number of rotatable bonds is 9. The van der Waals surface area contributed by atoms with Crippen LogP contribution in [0.1, 0.15) is 304 Å². The van der Waals surface area contributed by atoms with Crippen molar-refractivity contribution < 1.29 is 14.3 Å². The Labute approximate surface area is 793 Å². The number of hydrogen-bond donors (Lipinski definition) is 0. The Kier molecular flexibility index (Phi) is 17.8. The topological polar surface area (TPSA) is 43.4 Å². The van der Waals surface area contributed by atoms with Crippen LogP contribution in [0.4, 0.5) is 0 Å². The van der Waals surface area contributed by atoms with Crippen molar-refractivity contribution in [2.45, 2.75) is 256 Å². The predicted octanol–water partition coefficient (Wildman–Crippen LogP) is 30.0. The minimum Gasteiger partial charge on any atom is -0.393 e. The quantitative estimate of drug-likeness (QED) is 0.0626. The van der Waals surface area contributed by atoms with Crippen molar-refractivity contribution >= 4 is 217 Å². The van der Waals surface area contributed by atoms with Crippen LogP contribution in [0.3, 0.4) is 0 Å². The minimum atomic E-state index is -0.538. The molecule has 2 saturated carbocycles. The number of unbranched alkanes of at least 4 members (excludes halogenated alkanes) is 1. The molecular weight excluding hydrogens is 1630 g/mol. The van der Waals surface area contributed by atoms with Crippen molar-refractivity contribution in [2.24, 2.45) is 53.3 Å². The molecule has 0 radical (unpaired) electrons. The van der Waals surface area contributed by atoms with Crippen LogP contribution < -0.4 is 36.5 Å². The van der Waals surface area contributed by atoms with Gasteiger partial charge in [0.2, 0.25) is 0 Å². The number of carbonyl (C=O) groups is 2. The predicted molar refractivity (Wildman–Crippen MR) is 578 cm³/mol. The van der Waals surface area contributed by atoms with E-state index in [1.165, 1.54) is 241 Å². The number of esters is 2. The SMILES string of the molecule is C/C=C/C1=C2C3=C4c5c6c(cc7c5=C(C/C(=C\C)C=7)C(C)C4c4c(CCCC)c(/C=C/C)cc5c4=C3C(C1)/C(=C\CC)C=5)C=C(/C=C\CC)CC26.C=CC1=Cc2cc3cc4cc5c6c(c7c8c9c(ccc%10cc%11cc%12c/c%13c%14c%15c%16c%17c(c2C2C1CCC(C(CCCC\C=%13)C%15)C%162)c3c1c4c6c2c7c(c%109)c%11c3c%12c%14c%17c1c32)C1(C)C(C=8)C2C(=O)OC(=O)C21)C(C)C(C)C=5.CC.CC.CC.CC. The van der Waals surface area contributed by atoms with E-state index in [4.69, 9.17) is 4.74 Å². The molecule has 16 aromatic carbocycles. The molecule has 0 amide bonds. The molecular formula is C132H126O3. The van der Waals surface area contributed by atoms with Crippen molar-refractivity contribution in [1.29, 1.82) is 0 Å². The summed E-state index contributed by atoms with van der Waals surface area (Å²) >= 11 is 0. The van der Waals surface area contributed by atoms with Crippen molar-refractivity contribution in [3.05, 3.63) is 258 Å². The molecule has 1 aliphatic heterocycles. The number of carbonyl (C=O) groups excluding carboxylic acids is 2. The van der Waals surface area contributed by atoms with Crippen LogP contribution in [0.25, 0.3) is 205 Å². The molecule has 3 heteroatoms. The highest BCUT2D eigenvalue weighted by atomic mass is 16.6. The number of allylic oxidation sites excluding steroid dienone is 16. The third-order valence-corrected chi connectivity index (χ3v) is 38.0. The number of ether oxygens (including phenoxy) is 1. The van der Waals surface area contributed by atoms with Gasteiger partial charge in [-0.3, -0.25) is 9.59 Å². The van der Waals surface area contributed by atoms with Gasteiger partial charge in [0.15, 0.2) is 0 Å². The van der Waals surface area contributed by atoms with Gasteiger partial charge in [0.05, 0.1) is 11.8 Å². The first kappa shape index (κ1) is 82.9. The fourth-order valence-corrected chi connectivity index (χ4v) is 33.7. The number of hydrogen-bond acceptors (Lipinski definition) is 3. The Bertz CT molecular complexity index is 8980. The lowest BCUT2D eigenvalue weighted by Crippen LogP contribution is -2.60. The minimum absolute atomic E-state index is 0.126. The molecule has 15 unspecified atom stereocenters. The second-order valence-electron chi connectivity index (χ2n) is 43.1. The zero-order valence-corrected chi connectivity index (χ0v) is 82.6. The second kappa shape index (κ2) is 29.0. The zero-order valence-electron chi connectivity index (χ0n) is 82.6. The molecule has 3 fully saturated rings. The fourth-order valence-electron chi connectivity index (χ4n) is 33.7. The largest absolute Gasteiger partial charge is 0.393 e. The van der Waals surface area contributed by atoms with Gasteiger partial charge in [-0.25, -0.2) is 0 Å². The summed E-state index contributed by atoms with van der Waals surface area (Å²) in [6.45, 7) is 44.0. The van der Waals surface area contributed by atoms with Crippen LogP contribution in [-0.2, 0) is 32.6 Å². The molecule has 3 nitrogen and oxygen atoms in total. The van der Waals surface area contributed by atoms with Crippen molar-refractivity contribution in [3.8, 4) is 0 Å². The van der Waals surface area contributed by atoms with Gasteiger partial charge in [0.1, 0.15) is 0 Å². The first-order valence-corrected chi connectivity index (χ1v) is 53.5. The normalized spacial score (nSPS) is 27.8. The molecule has 32 rings (SSSR count). The summed E-state index contributed by atoms with van der Waals surface area (Å²) in [5.74, 6) is 3.27. The molecule has 0 N–H and O–H groups in total. The molecule has 15 atom stereocenters. The van der Waals surface area contributed by atoms with Crippen LogP contribution in [0.2, 0.25) is 0 Å². The summed E-state index contributed by atoms with van der Waals surface area (Å²) < 4.78 is 5.59. The number of benzene rings is 16. The number of cyclic esters (lactones) is 2. The van der Waals surface area contributed by atoms with E-state index in [2.05, 4.69) is 234 Å². The molecule has 16 aliphatic rings. The van der Waals surface area contributed by atoms with E-state index in [9.17, 15) is 9.59 Å². The van der Waals surface area contributed by atoms with Gasteiger partial charge in [0, 0.05) is 29.1 Å². The van der Waals surface area contributed by atoms with Gasteiger partial charge in [-0.15, -0.1) is 0 Å². The van der Waals surface area contributed by atoms with Crippen LogP contribution in [-0.4, -0.2) is 11.9 Å². The molecule has 1 saturated heterocycles. The molecule has 16 aromatic rings. The maximum atomic E-state index is 13.8. The second-order valence-corrected chi connectivity index (χ2v) is 43.1. The van der Waals surface area contributed by atoms with E-state index in [-0.39, 0.29) is 23.8 Å². The Morgan fingerprint density at radius 2 is 1.20 bits per heavy atom. The van der Waals surface area contributed by atoms with E-state index in [1.807, 2.05) is 55.4 Å². The Morgan fingerprint density at radius 1 is 0.526 bits per heavy atom. The molecule has 1 heterocycles. The monoisotopic (exact) mass is 1760 g/mol. The Balaban J connectivity index is 0.000000138. The summed E-state index contributed by atoms with van der Waals surface area (Å²) in [5.41, 5.74) is 34.2. The average molecular weight is 1760 g/mol. The average Bonchev–Trinajstić information content (AvgIpc) is 0.849. The van der Waals surface area contributed by atoms with Crippen molar-refractivity contribution in [3.63, 3.8) is 0 Å². The number of fused-ring (bicyclic) bond motifs is 11. The maximum absolute atomic E-state index is 13.8. The van der Waals surface area contributed by atoms with Crippen molar-refractivity contribution in [1.82, 2.24) is 0 Å². The smallest absolute Gasteiger partial charge is 0.318 e. The van der Waals surface area contributed by atoms with E-state index >= 15 is 0 Å². The van der Waals surface area contributed by atoms with Gasteiger partial charge in [-0.2, -0.15) is 0 Å². The van der Waals surface area contributed by atoms with Crippen LogP contribution in [0, 0.1) is 53.3 Å². The van der Waals surface area contributed by atoms with E-state index in [0.717, 1.165) is 44.9 Å². The van der Waals surface area contributed by atoms with Crippen LogP contribution in [0.5, 0.6) is 0 Å². The molecule has 135 heavy (non-hydrogen) atoms. The van der Waals surface area contributed by atoms with Gasteiger partial charge < -0.3 is 4.74 Å². The van der Waals surface area contributed by atoms with Gasteiger partial charge in [-0.05, 0) is 494 Å².